The maximum absolute atomic E-state index is 13.8. The van der Waals surface area contributed by atoms with Crippen LogP contribution in [0.15, 0.2) is 30.5 Å². The molecule has 0 spiro atoms. The molecular weight excluding hydrogens is 455 g/mol. The van der Waals surface area contributed by atoms with Crippen LogP contribution in [-0.4, -0.2) is 54.2 Å². The van der Waals surface area contributed by atoms with E-state index in [2.05, 4.69) is 40.4 Å². The van der Waals surface area contributed by atoms with E-state index in [1.165, 1.54) is 0 Å². The van der Waals surface area contributed by atoms with Crippen LogP contribution in [0.3, 0.4) is 0 Å². The number of piperidine rings is 2. The van der Waals surface area contributed by atoms with Crippen molar-refractivity contribution < 1.29 is 18.0 Å². The van der Waals surface area contributed by atoms with Crippen LogP contribution in [0, 0.1) is 23.2 Å². The van der Waals surface area contributed by atoms with Crippen molar-refractivity contribution in [1.29, 1.82) is 5.26 Å². The molecule has 9 heteroatoms. The van der Waals surface area contributed by atoms with Crippen molar-refractivity contribution in [2.75, 3.05) is 26.2 Å². The number of rotatable bonds is 5. The normalized spacial score (nSPS) is 24.4. The lowest BCUT2D eigenvalue weighted by molar-refractivity contribution is -0.185. The standard InChI is InChI=1S/C26H32F3N5O/c1-17(2)34-10-7-18(8-11-34)12-23(35)33-25(13-20(15-31-16-25)26(27,28)29)22-6-5-19(14-30)24-21(22)4-3-9-32-24/h3-6,9,17-18,20,31H,7-8,10-13,15-16H2,1-2H3,(H,33,35)/t20-,25-/m0/s1. The van der Waals surface area contributed by atoms with E-state index >= 15 is 0 Å². The predicted octanol–water partition coefficient (Wildman–Crippen LogP) is 4.10. The third-order valence-electron chi connectivity index (χ3n) is 7.51. The molecule has 3 heterocycles. The van der Waals surface area contributed by atoms with Gasteiger partial charge in [-0.05, 0) is 69.8 Å². The smallest absolute Gasteiger partial charge is 0.345 e. The number of carbonyl (C=O) groups excluding carboxylic acids is 1. The Morgan fingerprint density at radius 2 is 2.06 bits per heavy atom. The summed E-state index contributed by atoms with van der Waals surface area (Å²) in [6, 6.07) is 9.26. The second-order valence-corrected chi connectivity index (χ2v) is 10.2. The van der Waals surface area contributed by atoms with Gasteiger partial charge < -0.3 is 15.5 Å². The van der Waals surface area contributed by atoms with Crippen LogP contribution in [0.1, 0.15) is 50.7 Å². The summed E-state index contributed by atoms with van der Waals surface area (Å²) in [4.78, 5) is 20.0. The molecule has 0 aliphatic carbocycles. The van der Waals surface area contributed by atoms with Crippen LogP contribution < -0.4 is 10.6 Å². The molecule has 0 saturated carbocycles. The lowest BCUT2D eigenvalue weighted by Gasteiger charge is -2.44. The van der Waals surface area contributed by atoms with E-state index < -0.39 is 17.6 Å². The summed E-state index contributed by atoms with van der Waals surface area (Å²) in [5.41, 5.74) is 0.0721. The Bertz CT molecular complexity index is 1100. The summed E-state index contributed by atoms with van der Waals surface area (Å²) in [6.45, 7) is 6.13. The number of likely N-dealkylation sites (tertiary alicyclic amines) is 1. The third kappa shape index (κ3) is 5.44. The van der Waals surface area contributed by atoms with Crippen LogP contribution >= 0.6 is 0 Å². The first-order valence-corrected chi connectivity index (χ1v) is 12.2. The van der Waals surface area contributed by atoms with Crippen LogP contribution in [0.4, 0.5) is 13.2 Å². The minimum absolute atomic E-state index is 0.174. The highest BCUT2D eigenvalue weighted by atomic mass is 19.4. The number of halogens is 3. The number of benzene rings is 1. The van der Waals surface area contributed by atoms with Gasteiger partial charge in [-0.1, -0.05) is 12.1 Å². The molecule has 0 unspecified atom stereocenters. The second-order valence-electron chi connectivity index (χ2n) is 10.2. The lowest BCUT2D eigenvalue weighted by atomic mass is 9.76. The summed E-state index contributed by atoms with van der Waals surface area (Å²) < 4.78 is 41.5. The highest BCUT2D eigenvalue weighted by Gasteiger charge is 2.49. The Balaban J connectivity index is 1.65. The van der Waals surface area contributed by atoms with Crippen molar-refractivity contribution in [3.05, 3.63) is 41.6 Å². The minimum Gasteiger partial charge on any atom is -0.345 e. The number of nitriles is 1. The fourth-order valence-electron chi connectivity index (χ4n) is 5.56. The number of alkyl halides is 3. The van der Waals surface area contributed by atoms with E-state index in [9.17, 15) is 23.2 Å². The Hall–Kier alpha value is -2.70. The highest BCUT2D eigenvalue weighted by molar-refractivity contribution is 5.89. The average molecular weight is 488 g/mol. The highest BCUT2D eigenvalue weighted by Crippen LogP contribution is 2.41. The van der Waals surface area contributed by atoms with Gasteiger partial charge in [0.25, 0.3) is 0 Å². The van der Waals surface area contributed by atoms with Gasteiger partial charge in [0.1, 0.15) is 6.07 Å². The number of fused-ring (bicyclic) bond motifs is 1. The van der Waals surface area contributed by atoms with Crippen LogP contribution in [0.5, 0.6) is 0 Å². The van der Waals surface area contributed by atoms with E-state index in [0.29, 0.717) is 28.1 Å². The quantitative estimate of drug-likeness (QED) is 0.664. The fraction of sp³-hybridized carbons (Fsp3) is 0.577. The van der Waals surface area contributed by atoms with E-state index in [0.717, 1.165) is 25.9 Å². The zero-order chi connectivity index (χ0) is 25.2. The van der Waals surface area contributed by atoms with Gasteiger partial charge in [-0.3, -0.25) is 9.78 Å². The number of amides is 1. The average Bonchev–Trinajstić information content (AvgIpc) is 2.83. The molecule has 2 aliphatic heterocycles. The molecule has 0 radical (unpaired) electrons. The van der Waals surface area contributed by atoms with Crippen molar-refractivity contribution >= 4 is 16.8 Å². The van der Waals surface area contributed by atoms with Gasteiger partial charge in [-0.25, -0.2) is 0 Å². The number of hydrogen-bond donors (Lipinski definition) is 2. The molecule has 2 aromatic rings. The number of carbonyl (C=O) groups is 1. The molecule has 2 fully saturated rings. The number of hydrogen-bond acceptors (Lipinski definition) is 5. The van der Waals surface area contributed by atoms with Gasteiger partial charge in [0.2, 0.25) is 5.91 Å². The van der Waals surface area contributed by atoms with E-state index in [1.54, 1.807) is 30.5 Å². The predicted molar refractivity (Wildman–Crippen MR) is 127 cm³/mol. The molecule has 2 N–H and O–H groups in total. The Morgan fingerprint density at radius 3 is 2.71 bits per heavy atom. The summed E-state index contributed by atoms with van der Waals surface area (Å²) >= 11 is 0. The molecule has 1 aromatic carbocycles. The maximum Gasteiger partial charge on any atom is 0.393 e. The fourth-order valence-corrected chi connectivity index (χ4v) is 5.56. The van der Waals surface area contributed by atoms with Gasteiger partial charge in [-0.15, -0.1) is 0 Å². The molecule has 0 bridgehead atoms. The molecule has 1 aromatic heterocycles. The molecule has 188 valence electrons. The molecule has 35 heavy (non-hydrogen) atoms. The monoisotopic (exact) mass is 487 g/mol. The van der Waals surface area contributed by atoms with Gasteiger partial charge in [0.15, 0.2) is 0 Å². The Labute approximate surface area is 203 Å². The third-order valence-corrected chi connectivity index (χ3v) is 7.51. The zero-order valence-corrected chi connectivity index (χ0v) is 20.2. The molecule has 2 atom stereocenters. The number of nitrogens with zero attached hydrogens (tertiary/aromatic N) is 3. The lowest BCUT2D eigenvalue weighted by Crippen LogP contribution is -2.59. The SMILES string of the molecule is CC(C)N1CCC(CC(=O)N[C@]2(c3ccc(C#N)c4ncccc34)CNC[C@@H](C(F)(F)F)C2)CC1. The van der Waals surface area contributed by atoms with E-state index in [-0.39, 0.29) is 37.8 Å². The number of pyridine rings is 1. The zero-order valence-electron chi connectivity index (χ0n) is 20.2. The molecule has 2 saturated heterocycles. The summed E-state index contributed by atoms with van der Waals surface area (Å²) in [5, 5.41) is 16.1. The number of nitrogens with one attached hydrogen (secondary N) is 2. The van der Waals surface area contributed by atoms with Crippen LogP contribution in [0.2, 0.25) is 0 Å². The Morgan fingerprint density at radius 1 is 1.31 bits per heavy atom. The van der Waals surface area contributed by atoms with E-state index in [1.807, 2.05) is 0 Å². The minimum atomic E-state index is -4.40. The van der Waals surface area contributed by atoms with Crippen molar-refractivity contribution in [2.45, 2.75) is 57.3 Å². The van der Waals surface area contributed by atoms with Gasteiger partial charge in [0.05, 0.1) is 22.5 Å². The van der Waals surface area contributed by atoms with Crippen LogP contribution in [0.25, 0.3) is 10.9 Å². The molecule has 6 nitrogen and oxygen atoms in total. The van der Waals surface area contributed by atoms with Crippen molar-refractivity contribution in [3.8, 4) is 6.07 Å². The number of aromatic nitrogens is 1. The van der Waals surface area contributed by atoms with Crippen molar-refractivity contribution in [3.63, 3.8) is 0 Å². The summed E-state index contributed by atoms with van der Waals surface area (Å²) in [7, 11) is 0. The van der Waals surface area contributed by atoms with Gasteiger partial charge >= 0.3 is 6.18 Å². The summed E-state index contributed by atoms with van der Waals surface area (Å²) in [6.07, 6.45) is -1.03. The molecule has 2 aliphatic rings. The van der Waals surface area contributed by atoms with Gasteiger partial charge in [-0.2, -0.15) is 18.4 Å². The van der Waals surface area contributed by atoms with Crippen molar-refractivity contribution in [1.82, 2.24) is 20.5 Å². The topological polar surface area (TPSA) is 81.1 Å². The molecule has 1 amide bonds. The molecular formula is C26H32F3N5O. The van der Waals surface area contributed by atoms with Crippen molar-refractivity contribution in [2.24, 2.45) is 11.8 Å². The summed E-state index contributed by atoms with van der Waals surface area (Å²) in [5.74, 6) is -1.64. The largest absolute Gasteiger partial charge is 0.393 e. The Kier molecular flexibility index (Phi) is 7.34. The van der Waals surface area contributed by atoms with E-state index in [4.69, 9.17) is 0 Å². The molecule has 4 rings (SSSR count). The van der Waals surface area contributed by atoms with Crippen LogP contribution in [-0.2, 0) is 10.3 Å². The first-order chi connectivity index (χ1) is 16.6. The van der Waals surface area contributed by atoms with Gasteiger partial charge in [0, 0.05) is 37.1 Å². The second kappa shape index (κ2) is 10.1. The first-order valence-electron chi connectivity index (χ1n) is 12.2. The first kappa shape index (κ1) is 25.4. The maximum atomic E-state index is 13.8.